The quantitative estimate of drug-likeness (QED) is 0.589. The first-order chi connectivity index (χ1) is 12.7. The minimum atomic E-state index is -1.33. The lowest BCUT2D eigenvalue weighted by molar-refractivity contribution is 0.0699. The second-order valence-electron chi connectivity index (χ2n) is 5.37. The van der Waals surface area contributed by atoms with Gasteiger partial charge >= 0.3 is 5.97 Å². The molecule has 0 aliphatic rings. The van der Waals surface area contributed by atoms with Crippen molar-refractivity contribution in [3.63, 3.8) is 0 Å². The van der Waals surface area contributed by atoms with Gasteiger partial charge in [0.25, 0.3) is 0 Å². The summed E-state index contributed by atoms with van der Waals surface area (Å²) in [6.45, 7) is -0.534. The molecule has 27 heavy (non-hydrogen) atoms. The summed E-state index contributed by atoms with van der Waals surface area (Å²) in [5.74, 6) is -6.13. The van der Waals surface area contributed by atoms with Crippen molar-refractivity contribution < 1.29 is 32.6 Å². The number of benzene rings is 2. The van der Waals surface area contributed by atoms with Gasteiger partial charge < -0.3 is 15.6 Å². The Bertz CT molecular complexity index is 1080. The average Bonchev–Trinajstić information content (AvgIpc) is 2.98. The lowest BCUT2D eigenvalue weighted by Crippen LogP contribution is -2.12. The van der Waals surface area contributed by atoms with Crippen molar-refractivity contribution in [2.24, 2.45) is 5.73 Å². The molecular weight excluding hydrogens is 451 g/mol. The molecule has 140 valence electrons. The Morgan fingerprint density at radius 3 is 2.33 bits per heavy atom. The number of halogens is 4. The van der Waals surface area contributed by atoms with Crippen LogP contribution >= 0.6 is 27.3 Å². The number of carbonyl (C=O) groups is 2. The van der Waals surface area contributed by atoms with Gasteiger partial charge in [0.05, 0.1) is 4.70 Å². The van der Waals surface area contributed by atoms with Crippen LogP contribution in [0.15, 0.2) is 28.7 Å². The topological polar surface area (TPSA) is 89.6 Å². The number of amides is 1. The minimum Gasteiger partial charge on any atom is -0.483 e. The van der Waals surface area contributed by atoms with E-state index < -0.39 is 41.7 Å². The Kier molecular flexibility index (Phi) is 5.11. The molecule has 3 rings (SSSR count). The fourth-order valence-corrected chi connectivity index (χ4v) is 4.26. The van der Waals surface area contributed by atoms with Gasteiger partial charge in [-0.05, 0) is 24.3 Å². The maximum atomic E-state index is 14.1. The van der Waals surface area contributed by atoms with Crippen LogP contribution in [-0.2, 0) is 6.61 Å². The molecule has 0 radical (unpaired) electrons. The van der Waals surface area contributed by atoms with Crippen LogP contribution in [0.2, 0.25) is 0 Å². The molecule has 1 amide bonds. The molecule has 2 aromatic carbocycles. The van der Waals surface area contributed by atoms with Crippen LogP contribution in [0.4, 0.5) is 13.2 Å². The van der Waals surface area contributed by atoms with Crippen molar-refractivity contribution in [2.75, 3.05) is 0 Å². The first-order valence-electron chi connectivity index (χ1n) is 7.25. The summed E-state index contributed by atoms with van der Waals surface area (Å²) in [6.07, 6.45) is 0. The summed E-state index contributed by atoms with van der Waals surface area (Å²) in [6, 6.07) is 3.98. The van der Waals surface area contributed by atoms with Gasteiger partial charge in [-0.15, -0.1) is 11.3 Å². The molecule has 3 N–H and O–H groups in total. The molecule has 5 nitrogen and oxygen atoms in total. The standard InChI is InChI=1S/C17H9BrF3NO4S/c18-8-1-2-9(19)15-12(8)7(14(27-15)17(24)25)5-26-13-10(20)3-6(16(22)23)4-11(13)21/h1-4H,5H2,(H2,22,23)(H,24,25). The largest absolute Gasteiger partial charge is 0.483 e. The van der Waals surface area contributed by atoms with E-state index in [-0.39, 0.29) is 26.1 Å². The highest BCUT2D eigenvalue weighted by atomic mass is 79.9. The number of aromatic carboxylic acids is 1. The molecule has 10 heteroatoms. The average molecular weight is 460 g/mol. The van der Waals surface area contributed by atoms with Gasteiger partial charge in [0.1, 0.15) is 17.3 Å². The van der Waals surface area contributed by atoms with Crippen LogP contribution in [0.25, 0.3) is 10.1 Å². The van der Waals surface area contributed by atoms with Crippen LogP contribution in [0, 0.1) is 17.5 Å². The maximum absolute atomic E-state index is 14.1. The number of fused-ring (bicyclic) bond motifs is 1. The van der Waals surface area contributed by atoms with Gasteiger partial charge in [0.2, 0.25) is 5.91 Å². The number of hydrogen-bond acceptors (Lipinski definition) is 4. The van der Waals surface area contributed by atoms with Crippen LogP contribution in [0.1, 0.15) is 25.6 Å². The smallest absolute Gasteiger partial charge is 0.346 e. The lowest BCUT2D eigenvalue weighted by atomic mass is 10.1. The SMILES string of the molecule is NC(=O)c1cc(F)c(OCc2c(C(=O)O)sc3c(F)ccc(Br)c23)c(F)c1. The molecule has 0 atom stereocenters. The molecule has 0 bridgehead atoms. The third-order valence-corrected chi connectivity index (χ3v) is 5.57. The molecule has 0 aliphatic heterocycles. The number of thiophene rings is 1. The Morgan fingerprint density at radius 1 is 1.15 bits per heavy atom. The Balaban J connectivity index is 2.06. The normalized spacial score (nSPS) is 11.0. The highest BCUT2D eigenvalue weighted by molar-refractivity contribution is 9.10. The van der Waals surface area contributed by atoms with Gasteiger partial charge in [-0.2, -0.15) is 0 Å². The van der Waals surface area contributed by atoms with E-state index in [4.69, 9.17) is 10.5 Å². The lowest BCUT2D eigenvalue weighted by Gasteiger charge is -2.10. The zero-order valence-corrected chi connectivity index (χ0v) is 15.6. The minimum absolute atomic E-state index is 0.0617. The van der Waals surface area contributed by atoms with Crippen LogP contribution in [0.5, 0.6) is 5.75 Å². The van der Waals surface area contributed by atoms with Crippen molar-refractivity contribution in [1.29, 1.82) is 0 Å². The van der Waals surface area contributed by atoms with E-state index in [1.165, 1.54) is 12.1 Å². The van der Waals surface area contributed by atoms with E-state index >= 15 is 0 Å². The zero-order chi connectivity index (χ0) is 19.9. The van der Waals surface area contributed by atoms with Gasteiger partial charge in [-0.1, -0.05) is 15.9 Å². The summed E-state index contributed by atoms with van der Waals surface area (Å²) in [5, 5.41) is 9.61. The van der Waals surface area contributed by atoms with E-state index in [1.54, 1.807) is 0 Å². The van der Waals surface area contributed by atoms with E-state index in [2.05, 4.69) is 15.9 Å². The van der Waals surface area contributed by atoms with Gasteiger partial charge in [0.15, 0.2) is 17.4 Å². The van der Waals surface area contributed by atoms with Crippen molar-refractivity contribution in [1.82, 2.24) is 0 Å². The Morgan fingerprint density at radius 2 is 1.78 bits per heavy atom. The van der Waals surface area contributed by atoms with E-state index in [1.807, 2.05) is 0 Å². The third kappa shape index (κ3) is 3.50. The number of carboxylic acids is 1. The first-order valence-corrected chi connectivity index (χ1v) is 8.86. The summed E-state index contributed by atoms with van der Waals surface area (Å²) in [7, 11) is 0. The molecule has 1 aromatic heterocycles. The van der Waals surface area contributed by atoms with Crippen LogP contribution < -0.4 is 10.5 Å². The molecule has 0 saturated heterocycles. The second kappa shape index (κ2) is 7.20. The highest BCUT2D eigenvalue weighted by Crippen LogP contribution is 2.39. The molecule has 0 aliphatic carbocycles. The van der Waals surface area contributed by atoms with E-state index in [9.17, 15) is 27.9 Å². The fraction of sp³-hybridized carbons (Fsp3) is 0.0588. The van der Waals surface area contributed by atoms with E-state index in [0.29, 0.717) is 27.9 Å². The molecule has 0 unspecified atom stereocenters. The molecule has 3 aromatic rings. The van der Waals surface area contributed by atoms with Crippen molar-refractivity contribution >= 4 is 49.2 Å². The number of rotatable bonds is 5. The summed E-state index contributed by atoms with van der Waals surface area (Å²) in [5.41, 5.74) is 4.66. The molecule has 0 fully saturated rings. The van der Waals surface area contributed by atoms with E-state index in [0.717, 1.165) is 0 Å². The van der Waals surface area contributed by atoms with Crippen LogP contribution in [0.3, 0.4) is 0 Å². The summed E-state index contributed by atoms with van der Waals surface area (Å²) >= 11 is 3.91. The Labute approximate surface area is 162 Å². The highest BCUT2D eigenvalue weighted by Gasteiger charge is 2.23. The Hall–Kier alpha value is -2.59. The van der Waals surface area contributed by atoms with Gasteiger partial charge in [-0.25, -0.2) is 18.0 Å². The van der Waals surface area contributed by atoms with Crippen molar-refractivity contribution in [3.05, 3.63) is 62.2 Å². The van der Waals surface area contributed by atoms with Gasteiger partial charge in [0, 0.05) is 21.0 Å². The maximum Gasteiger partial charge on any atom is 0.346 e. The summed E-state index contributed by atoms with van der Waals surface area (Å²) < 4.78 is 47.8. The number of primary amides is 1. The third-order valence-electron chi connectivity index (χ3n) is 3.68. The molecule has 0 saturated carbocycles. The molecular formula is C17H9BrF3NO4S. The van der Waals surface area contributed by atoms with Gasteiger partial charge in [-0.3, -0.25) is 4.79 Å². The summed E-state index contributed by atoms with van der Waals surface area (Å²) in [4.78, 5) is 22.3. The molecule has 1 heterocycles. The fourth-order valence-electron chi connectivity index (χ4n) is 2.49. The zero-order valence-electron chi connectivity index (χ0n) is 13.2. The first kappa shape index (κ1) is 19.2. The number of ether oxygens (including phenoxy) is 1. The van der Waals surface area contributed by atoms with Crippen LogP contribution in [-0.4, -0.2) is 17.0 Å². The number of nitrogens with two attached hydrogens (primary N) is 1. The number of carbonyl (C=O) groups excluding carboxylic acids is 1. The monoisotopic (exact) mass is 459 g/mol. The van der Waals surface area contributed by atoms with Crippen molar-refractivity contribution in [2.45, 2.75) is 6.61 Å². The predicted octanol–water partition coefficient (Wildman–Crippen LogP) is 4.46. The van der Waals surface area contributed by atoms with Crippen molar-refractivity contribution in [3.8, 4) is 5.75 Å². The predicted molar refractivity (Wildman–Crippen MR) is 95.7 cm³/mol. The second-order valence-corrected chi connectivity index (χ2v) is 7.25. The number of hydrogen-bond donors (Lipinski definition) is 2. The molecule has 0 spiro atoms. The number of carboxylic acid groups (broad SMARTS) is 1.